The molecular weight excluding hydrogens is 552 g/mol. The minimum atomic E-state index is -0.834. The van der Waals surface area contributed by atoms with Crippen LogP contribution in [0.25, 0.3) is 0 Å². The quantitative estimate of drug-likeness (QED) is 0.295. The van der Waals surface area contributed by atoms with Crippen molar-refractivity contribution in [1.29, 1.82) is 0 Å². The molecule has 0 radical (unpaired) electrons. The summed E-state index contributed by atoms with van der Waals surface area (Å²) in [5.74, 6) is 15.1. The first-order chi connectivity index (χ1) is 21.7. The van der Waals surface area contributed by atoms with Crippen LogP contribution in [0.15, 0.2) is 36.4 Å². The number of hydrogen-bond acceptors (Lipinski definition) is 3. The molecule has 45 heavy (non-hydrogen) atoms. The topological polar surface area (TPSA) is 49.7 Å². The van der Waals surface area contributed by atoms with Crippen molar-refractivity contribution in [2.45, 2.75) is 152 Å². The molecule has 4 aliphatic carbocycles. The van der Waals surface area contributed by atoms with Crippen molar-refractivity contribution in [3.63, 3.8) is 0 Å². The van der Waals surface area contributed by atoms with Gasteiger partial charge in [-0.25, -0.2) is 0 Å². The van der Waals surface area contributed by atoms with Gasteiger partial charge in [0.25, 0.3) is 0 Å². The summed E-state index contributed by atoms with van der Waals surface area (Å²) in [6.45, 7) is 8.26. The molecular formula is C42H54O3. The van der Waals surface area contributed by atoms with Crippen LogP contribution in [0.2, 0.25) is 0 Å². The Bertz CT molecular complexity index is 1400. The van der Waals surface area contributed by atoms with E-state index in [9.17, 15) is 10.2 Å². The second-order valence-corrected chi connectivity index (χ2v) is 15.0. The summed E-state index contributed by atoms with van der Waals surface area (Å²) < 4.78 is 6.62. The highest BCUT2D eigenvalue weighted by molar-refractivity contribution is 5.48. The van der Waals surface area contributed by atoms with Gasteiger partial charge in [0.05, 0.1) is 0 Å². The van der Waals surface area contributed by atoms with Crippen molar-refractivity contribution in [2.75, 3.05) is 0 Å². The lowest BCUT2D eigenvalue weighted by Crippen LogP contribution is -2.49. The lowest BCUT2D eigenvalue weighted by atomic mass is 9.53. The third kappa shape index (κ3) is 5.97. The van der Waals surface area contributed by atoms with Crippen molar-refractivity contribution in [3.8, 4) is 35.2 Å². The van der Waals surface area contributed by atoms with E-state index in [0.29, 0.717) is 11.8 Å². The number of benzene rings is 2. The SMILES string of the molecule is CC#CC1(O)CCC2(CCCC)c3ccc(Oc4ccc5c(c4)CCC4CC(O)(C#CC)CCC54CCCC)cc3CCC2C1. The average Bonchev–Trinajstić information content (AvgIpc) is 3.03. The Morgan fingerprint density at radius 2 is 1.13 bits per heavy atom. The third-order valence-electron chi connectivity index (χ3n) is 12.4. The van der Waals surface area contributed by atoms with E-state index in [0.717, 1.165) is 75.7 Å². The molecule has 6 unspecified atom stereocenters. The molecule has 6 atom stereocenters. The lowest BCUT2D eigenvalue weighted by molar-refractivity contribution is -0.0115. The van der Waals surface area contributed by atoms with Crippen LogP contribution in [-0.4, -0.2) is 21.4 Å². The number of aliphatic hydroxyl groups is 2. The first kappa shape index (κ1) is 32.2. The Hall–Kier alpha value is -2.72. The van der Waals surface area contributed by atoms with Crippen LogP contribution in [0.3, 0.4) is 0 Å². The van der Waals surface area contributed by atoms with E-state index in [2.05, 4.69) is 73.9 Å². The van der Waals surface area contributed by atoms with Gasteiger partial charge in [-0.2, -0.15) is 0 Å². The summed E-state index contributed by atoms with van der Waals surface area (Å²) in [6, 6.07) is 13.7. The highest BCUT2D eigenvalue weighted by Crippen LogP contribution is 2.57. The Kier molecular flexibility index (Phi) is 9.18. The van der Waals surface area contributed by atoms with E-state index in [1.807, 2.05) is 13.8 Å². The first-order valence-electron chi connectivity index (χ1n) is 18.0. The lowest BCUT2D eigenvalue weighted by Gasteiger charge is -2.52. The van der Waals surface area contributed by atoms with Gasteiger partial charge in [0, 0.05) is 0 Å². The van der Waals surface area contributed by atoms with Crippen molar-refractivity contribution in [1.82, 2.24) is 0 Å². The number of fused-ring (bicyclic) bond motifs is 6. The van der Waals surface area contributed by atoms with Crippen molar-refractivity contribution < 1.29 is 14.9 Å². The van der Waals surface area contributed by atoms with Crippen LogP contribution in [0.1, 0.15) is 140 Å². The van der Waals surface area contributed by atoms with E-state index in [4.69, 9.17) is 4.74 Å². The minimum absolute atomic E-state index is 0.133. The molecule has 0 saturated heterocycles. The van der Waals surface area contributed by atoms with Crippen molar-refractivity contribution in [3.05, 3.63) is 58.7 Å². The second-order valence-electron chi connectivity index (χ2n) is 15.0. The van der Waals surface area contributed by atoms with Gasteiger partial charge in [-0.3, -0.25) is 0 Å². The molecule has 0 spiro atoms. The van der Waals surface area contributed by atoms with E-state index >= 15 is 0 Å². The fraction of sp³-hybridized carbons (Fsp3) is 0.619. The van der Waals surface area contributed by atoms with E-state index in [1.165, 1.54) is 60.8 Å². The highest BCUT2D eigenvalue weighted by Gasteiger charge is 2.52. The number of aryl methyl sites for hydroxylation is 2. The van der Waals surface area contributed by atoms with Gasteiger partial charge >= 0.3 is 0 Å². The summed E-state index contributed by atoms with van der Waals surface area (Å²) in [7, 11) is 0. The zero-order valence-corrected chi connectivity index (χ0v) is 28.2. The number of hydrogen-bond donors (Lipinski definition) is 2. The molecule has 0 aromatic heterocycles. The molecule has 0 aliphatic heterocycles. The summed E-state index contributed by atoms with van der Waals surface area (Å²) in [5, 5.41) is 22.5. The van der Waals surface area contributed by atoms with Crippen LogP contribution >= 0.6 is 0 Å². The zero-order valence-electron chi connectivity index (χ0n) is 28.2. The predicted octanol–water partition coefficient (Wildman–Crippen LogP) is 9.34. The molecule has 3 nitrogen and oxygen atoms in total. The van der Waals surface area contributed by atoms with Crippen LogP contribution < -0.4 is 4.74 Å². The molecule has 6 rings (SSSR count). The molecule has 2 N–H and O–H groups in total. The first-order valence-corrected chi connectivity index (χ1v) is 18.0. The second kappa shape index (κ2) is 12.8. The minimum Gasteiger partial charge on any atom is -0.457 e. The van der Waals surface area contributed by atoms with Gasteiger partial charge in [0.15, 0.2) is 0 Å². The summed E-state index contributed by atoms with van der Waals surface area (Å²) in [6.07, 6.45) is 16.5. The van der Waals surface area contributed by atoms with Crippen molar-refractivity contribution >= 4 is 0 Å². The van der Waals surface area contributed by atoms with Gasteiger partial charge in [0.2, 0.25) is 0 Å². The van der Waals surface area contributed by atoms with Gasteiger partial charge in [-0.15, -0.1) is 11.8 Å². The molecule has 0 amide bonds. The summed E-state index contributed by atoms with van der Waals surface area (Å²) in [5.41, 5.74) is 4.43. The largest absolute Gasteiger partial charge is 0.457 e. The van der Waals surface area contributed by atoms with Gasteiger partial charge in [-0.05, 0) is 160 Å². The molecule has 4 aliphatic rings. The number of unbranched alkanes of at least 4 members (excludes halogenated alkanes) is 2. The van der Waals surface area contributed by atoms with Gasteiger partial charge < -0.3 is 14.9 Å². The van der Waals surface area contributed by atoms with Gasteiger partial charge in [0.1, 0.15) is 22.7 Å². The standard InChI is InChI=1S/C42H54O3/c1-5-9-21-41-25-23-39(43,19-7-3)29-33(41)13-11-31-27-35(15-17-37(31)41)45-36-16-18-38-32(28-36)12-14-34-30-40(44,20-8-4)24-26-42(34,38)22-10-6-2/h15-18,27-28,33-34,43-44H,5-6,9-14,21-26,29-30H2,1-4H3. The number of ether oxygens (including phenoxy) is 1. The normalized spacial score (nSPS) is 33.2. The third-order valence-corrected chi connectivity index (χ3v) is 12.4. The summed E-state index contributed by atoms with van der Waals surface area (Å²) in [4.78, 5) is 0. The van der Waals surface area contributed by atoms with Crippen LogP contribution in [0, 0.1) is 35.5 Å². The molecule has 2 aromatic rings. The van der Waals surface area contributed by atoms with E-state index < -0.39 is 11.2 Å². The fourth-order valence-electron chi connectivity index (χ4n) is 10.2. The maximum Gasteiger partial charge on any atom is 0.127 e. The Morgan fingerprint density at radius 3 is 1.53 bits per heavy atom. The van der Waals surface area contributed by atoms with E-state index in [-0.39, 0.29) is 10.8 Å². The Morgan fingerprint density at radius 1 is 0.689 bits per heavy atom. The zero-order chi connectivity index (χ0) is 31.7. The van der Waals surface area contributed by atoms with E-state index in [1.54, 1.807) is 0 Å². The average molecular weight is 607 g/mol. The molecule has 2 saturated carbocycles. The van der Waals surface area contributed by atoms with Crippen molar-refractivity contribution in [2.24, 2.45) is 11.8 Å². The molecule has 240 valence electrons. The fourth-order valence-corrected chi connectivity index (χ4v) is 10.2. The summed E-state index contributed by atoms with van der Waals surface area (Å²) >= 11 is 0. The smallest absolute Gasteiger partial charge is 0.127 e. The molecule has 0 bridgehead atoms. The molecule has 2 aromatic carbocycles. The maximum atomic E-state index is 11.2. The van der Waals surface area contributed by atoms with Crippen LogP contribution in [0.4, 0.5) is 0 Å². The predicted molar refractivity (Wildman–Crippen MR) is 183 cm³/mol. The highest BCUT2D eigenvalue weighted by atomic mass is 16.5. The number of rotatable bonds is 8. The Balaban J connectivity index is 1.26. The monoisotopic (exact) mass is 606 g/mol. The molecule has 3 heteroatoms. The molecule has 2 fully saturated rings. The van der Waals surface area contributed by atoms with Crippen LogP contribution in [-0.2, 0) is 23.7 Å². The maximum absolute atomic E-state index is 11.2. The Labute approximate surface area is 272 Å². The van der Waals surface area contributed by atoms with Gasteiger partial charge in [-0.1, -0.05) is 63.5 Å². The van der Waals surface area contributed by atoms with Crippen LogP contribution in [0.5, 0.6) is 11.5 Å². The molecule has 0 heterocycles.